The molecule has 0 atom stereocenters. The topological polar surface area (TPSA) is 148 Å². The fraction of sp³-hybridized carbons (Fsp3) is 0.362. The van der Waals surface area contributed by atoms with E-state index in [0.717, 1.165) is 5.92 Å². The van der Waals surface area contributed by atoms with Gasteiger partial charge in [-0.2, -0.15) is 62.9 Å². The molecule has 4 heterocycles. The van der Waals surface area contributed by atoms with Gasteiger partial charge < -0.3 is 11.5 Å². The molecule has 2 aliphatic carbocycles. The Labute approximate surface area is 427 Å². The Morgan fingerprint density at radius 1 is 0.554 bits per heavy atom. The number of nitrogens with two attached hydrogens (primary N) is 2. The van der Waals surface area contributed by atoms with Crippen molar-refractivity contribution in [2.24, 2.45) is 17.4 Å². The van der Waals surface area contributed by atoms with E-state index in [1.807, 2.05) is 0 Å². The zero-order valence-electron chi connectivity index (χ0n) is 39.0. The van der Waals surface area contributed by atoms with Gasteiger partial charge in [-0.05, 0) is 104 Å². The van der Waals surface area contributed by atoms with E-state index in [9.17, 15) is 71.1 Å². The van der Waals surface area contributed by atoms with Crippen molar-refractivity contribution in [1.29, 1.82) is 0 Å². The molecule has 8 rings (SSSR count). The molecule has 4 N–H and O–H groups in total. The maximum Gasteiger partial charge on any atom is 0.435 e. The Hall–Kier alpha value is -5.85. The molecule has 0 aliphatic heterocycles. The van der Waals surface area contributed by atoms with E-state index in [1.165, 1.54) is 112 Å². The maximum atomic E-state index is 14.5. The Balaban J connectivity index is 0.000000237. The van der Waals surface area contributed by atoms with Crippen LogP contribution < -0.4 is 11.5 Å². The van der Waals surface area contributed by atoms with Crippen LogP contribution in [-0.2, 0) is 11.3 Å². The summed E-state index contributed by atoms with van der Waals surface area (Å²) in [5.74, 6) is 0.244. The van der Waals surface area contributed by atoms with E-state index in [-0.39, 0.29) is 66.2 Å². The Morgan fingerprint density at radius 3 is 1.11 bits per heavy atom. The predicted molar refractivity (Wildman–Crippen MR) is 247 cm³/mol. The molecule has 0 unspecified atom stereocenters. The summed E-state index contributed by atoms with van der Waals surface area (Å²) in [6, 6.07) is 5.23. The fourth-order valence-electron chi connectivity index (χ4n) is 7.10. The number of amides is 1. The van der Waals surface area contributed by atoms with Crippen LogP contribution >= 0.6 is 34.8 Å². The number of nitrogens with zero attached hydrogens (tertiary/aromatic N) is 6. The van der Waals surface area contributed by atoms with Gasteiger partial charge in [-0.1, -0.05) is 67.2 Å². The van der Waals surface area contributed by atoms with Crippen LogP contribution in [0.5, 0.6) is 0 Å². The van der Waals surface area contributed by atoms with Crippen LogP contribution in [0.2, 0.25) is 10.3 Å². The van der Waals surface area contributed by atoms with Gasteiger partial charge in [-0.25, -0.2) is 28.1 Å². The number of aromatic nitrogens is 6. The van der Waals surface area contributed by atoms with Crippen molar-refractivity contribution in [2.75, 3.05) is 0 Å². The number of aryl methyl sites for hydroxylation is 4. The first-order valence-electron chi connectivity index (χ1n) is 21.5. The van der Waals surface area contributed by atoms with E-state index in [0.29, 0.717) is 41.4 Å². The first-order chi connectivity index (χ1) is 33.9. The highest BCUT2D eigenvalue weighted by molar-refractivity contribution is 6.68. The average molecular weight is 1120 g/mol. The van der Waals surface area contributed by atoms with Crippen LogP contribution in [0.1, 0.15) is 86.7 Å². The molecule has 10 nitrogen and oxygen atoms in total. The number of rotatable bonds is 8. The van der Waals surface area contributed by atoms with Crippen LogP contribution in [0.15, 0.2) is 73.6 Å². The standard InChI is InChI=1S/C20H12Cl2F7N3O.C20H14ClF7N4O.C4H8.C3H7N/c1-9-3-12(18(23,19(24,25)26)20(27,28)29)4-10(2)15(9)11-6-31-32(8-11)13-5-14(17(22)33)16(21)30-7-13;1-9-3-12(18(22,19(23,24)25)20(26,27)28)4-10(2)15(9)11-6-31-32(8-11)13-5-14(17(29)33)16(21)30-7-13;1-4-2-3-4;4-3-1-2-3/h3-8H,1-2H3;3-8H,1-2H3,(H2,29,33);4H,2-3H2,1H3;3H,1-2,4H2. The van der Waals surface area contributed by atoms with Gasteiger partial charge in [0.15, 0.2) is 0 Å². The molecule has 400 valence electrons. The van der Waals surface area contributed by atoms with E-state index < -0.39 is 58.3 Å². The minimum Gasteiger partial charge on any atom is -0.366 e. The Kier molecular flexibility index (Phi) is 17.4. The third-order valence-corrected chi connectivity index (χ3v) is 12.1. The van der Waals surface area contributed by atoms with Crippen molar-refractivity contribution in [1.82, 2.24) is 29.5 Å². The number of hydrogen-bond acceptors (Lipinski definition) is 7. The van der Waals surface area contributed by atoms with E-state index in [2.05, 4.69) is 27.1 Å². The summed E-state index contributed by atoms with van der Waals surface area (Å²) in [7, 11) is 0. The summed E-state index contributed by atoms with van der Waals surface area (Å²) >= 11 is 17.0. The number of hydrogen-bond donors (Lipinski definition) is 2. The Bertz CT molecular complexity index is 2760. The van der Waals surface area contributed by atoms with Gasteiger partial charge in [-0.3, -0.25) is 9.59 Å². The van der Waals surface area contributed by atoms with Crippen LogP contribution in [0.25, 0.3) is 33.6 Å². The van der Waals surface area contributed by atoms with Crippen molar-refractivity contribution < 1.29 is 71.1 Å². The average Bonchev–Trinajstić information content (AvgIpc) is 4.13. The molecule has 2 aliphatic rings. The second kappa shape index (κ2) is 21.8. The normalized spacial score (nSPS) is 14.3. The maximum absolute atomic E-state index is 14.5. The van der Waals surface area contributed by atoms with Gasteiger partial charge in [0, 0.05) is 40.7 Å². The first-order valence-corrected chi connectivity index (χ1v) is 22.6. The van der Waals surface area contributed by atoms with E-state index in [1.54, 1.807) is 0 Å². The zero-order chi connectivity index (χ0) is 55.8. The molecular formula is C47H41Cl3F14N8O2. The molecule has 0 saturated heterocycles. The van der Waals surface area contributed by atoms with Gasteiger partial charge >= 0.3 is 36.0 Å². The van der Waals surface area contributed by atoms with Crippen LogP contribution in [0.4, 0.5) is 61.5 Å². The van der Waals surface area contributed by atoms with Gasteiger partial charge in [0.2, 0.25) is 0 Å². The molecule has 0 radical (unpaired) electrons. The SMILES string of the molecule is CC1CC1.Cc1cc(C(F)(C(F)(F)F)C(F)(F)F)cc(C)c1-c1cnn(-c2cnc(Cl)c(C(=O)Cl)c2)c1.Cc1cc(C(F)(C(F)(F)F)C(F)(F)F)cc(C)c1-c1cnn(-c2cnc(Cl)c(C(N)=O)c2)c1.NC1CC1. The van der Waals surface area contributed by atoms with Crippen molar-refractivity contribution in [3.63, 3.8) is 0 Å². The van der Waals surface area contributed by atoms with Crippen molar-refractivity contribution in [3.8, 4) is 33.6 Å². The van der Waals surface area contributed by atoms with Crippen LogP contribution in [-0.4, -0.2) is 71.4 Å². The second-order valence-corrected chi connectivity index (χ2v) is 18.4. The summed E-state index contributed by atoms with van der Waals surface area (Å²) in [4.78, 5) is 30.5. The lowest BCUT2D eigenvalue weighted by Gasteiger charge is -2.31. The van der Waals surface area contributed by atoms with E-state index >= 15 is 0 Å². The van der Waals surface area contributed by atoms with E-state index in [4.69, 9.17) is 46.3 Å². The number of alkyl halides is 14. The lowest BCUT2D eigenvalue weighted by molar-refractivity contribution is -0.349. The summed E-state index contributed by atoms with van der Waals surface area (Å²) in [6.07, 6.45) is -11.4. The highest BCUT2D eigenvalue weighted by Crippen LogP contribution is 2.55. The minimum absolute atomic E-state index is 0.0351. The highest BCUT2D eigenvalue weighted by Gasteiger charge is 2.74. The number of carbonyl (C=O) groups is 2. The van der Waals surface area contributed by atoms with Gasteiger partial charge in [0.1, 0.15) is 10.3 Å². The molecule has 4 aromatic heterocycles. The molecule has 2 fully saturated rings. The zero-order valence-corrected chi connectivity index (χ0v) is 41.3. The molecule has 0 spiro atoms. The first kappa shape index (κ1) is 59.0. The predicted octanol–water partition coefficient (Wildman–Crippen LogP) is 14.0. The Morgan fingerprint density at radius 2 is 0.851 bits per heavy atom. The molecule has 2 aromatic carbocycles. The lowest BCUT2D eigenvalue weighted by Crippen LogP contribution is -2.50. The molecule has 0 bridgehead atoms. The summed E-state index contributed by atoms with van der Waals surface area (Å²) in [6.45, 7) is 7.30. The molecule has 6 aromatic rings. The molecule has 2 saturated carbocycles. The number of benzene rings is 2. The molecule has 1 amide bonds. The number of pyridine rings is 2. The number of halogens is 17. The van der Waals surface area contributed by atoms with Crippen LogP contribution in [0.3, 0.4) is 0 Å². The number of primary amides is 1. The number of carbonyl (C=O) groups excluding carboxylic acids is 2. The minimum atomic E-state index is -6.21. The van der Waals surface area contributed by atoms with Crippen molar-refractivity contribution in [3.05, 3.63) is 128 Å². The van der Waals surface area contributed by atoms with Crippen molar-refractivity contribution >= 4 is 46.0 Å². The van der Waals surface area contributed by atoms with Gasteiger partial charge in [-0.15, -0.1) is 0 Å². The fourth-order valence-corrected chi connectivity index (χ4v) is 7.67. The molecular weight excluding hydrogens is 1080 g/mol. The second-order valence-electron chi connectivity index (χ2n) is 17.3. The van der Waals surface area contributed by atoms with Gasteiger partial charge in [0.05, 0.1) is 47.3 Å². The van der Waals surface area contributed by atoms with Crippen LogP contribution in [0, 0.1) is 33.6 Å². The quantitative estimate of drug-likeness (QED) is 0.0876. The molecule has 74 heavy (non-hydrogen) atoms. The lowest BCUT2D eigenvalue weighted by atomic mass is 9.87. The third kappa shape index (κ3) is 12.8. The molecule has 27 heteroatoms. The third-order valence-electron chi connectivity index (χ3n) is 11.3. The smallest absolute Gasteiger partial charge is 0.366 e. The highest BCUT2D eigenvalue weighted by atomic mass is 35.5. The summed E-state index contributed by atoms with van der Waals surface area (Å²) < 4.78 is 189. The van der Waals surface area contributed by atoms with Gasteiger partial charge in [0.25, 0.3) is 11.1 Å². The summed E-state index contributed by atoms with van der Waals surface area (Å²) in [5.41, 5.74) is -2.40. The largest absolute Gasteiger partial charge is 0.435 e. The monoisotopic (exact) mass is 1120 g/mol. The van der Waals surface area contributed by atoms with Crippen molar-refractivity contribution in [2.45, 2.75) is 102 Å². The summed E-state index contributed by atoms with van der Waals surface area (Å²) in [5, 5.41) is 7.00.